The molecule has 0 radical (unpaired) electrons. The molecule has 1 fully saturated rings. The molecule has 4 heteroatoms. The molecule has 1 aliphatic rings. The van der Waals surface area contributed by atoms with Crippen LogP contribution in [0.1, 0.15) is 32.6 Å². The second-order valence-corrected chi connectivity index (χ2v) is 5.79. The molecule has 1 rings (SSSR count). The fourth-order valence-corrected chi connectivity index (χ4v) is 2.92. The second kappa shape index (κ2) is 5.82. The van der Waals surface area contributed by atoms with Crippen molar-refractivity contribution in [1.82, 2.24) is 4.90 Å². The van der Waals surface area contributed by atoms with Crippen LogP contribution in [0, 0.1) is 5.41 Å². The van der Waals surface area contributed by atoms with E-state index in [1.807, 2.05) is 6.92 Å². The molecule has 92 valence electrons. The highest BCUT2D eigenvalue weighted by Gasteiger charge is 2.41. The molecule has 0 spiro atoms. The highest BCUT2D eigenvalue weighted by atomic mass is 79.9. The summed E-state index contributed by atoms with van der Waals surface area (Å²) in [5.41, 5.74) is -0.532. The molecule has 1 N–H and O–H groups in total. The molecular formula is C12H20BrNO2. The molecule has 0 amide bonds. The molecule has 1 saturated heterocycles. The molecule has 0 aromatic carbocycles. The maximum atomic E-state index is 11.4. The first-order valence-electron chi connectivity index (χ1n) is 5.79. The minimum atomic E-state index is -0.640. The van der Waals surface area contributed by atoms with Crippen LogP contribution in [0.5, 0.6) is 0 Å². The largest absolute Gasteiger partial charge is 0.481 e. The number of hydrogen-bond acceptors (Lipinski definition) is 2. The van der Waals surface area contributed by atoms with Crippen molar-refractivity contribution in [2.75, 3.05) is 19.6 Å². The van der Waals surface area contributed by atoms with Crippen LogP contribution in [-0.2, 0) is 4.79 Å². The number of aliphatic carboxylic acids is 1. The Kier molecular flexibility index (Phi) is 4.99. The van der Waals surface area contributed by atoms with Crippen LogP contribution in [0.4, 0.5) is 0 Å². The summed E-state index contributed by atoms with van der Waals surface area (Å²) < 4.78 is 0.921. The zero-order valence-electron chi connectivity index (χ0n) is 9.84. The van der Waals surface area contributed by atoms with Crippen LogP contribution in [-0.4, -0.2) is 35.6 Å². The normalized spacial score (nSPS) is 26.6. The minimum absolute atomic E-state index is 0.532. The van der Waals surface area contributed by atoms with Gasteiger partial charge in [-0.3, -0.25) is 9.69 Å². The van der Waals surface area contributed by atoms with Gasteiger partial charge < -0.3 is 5.11 Å². The molecule has 1 unspecified atom stereocenters. The lowest BCUT2D eigenvalue weighted by atomic mass is 9.76. The van der Waals surface area contributed by atoms with E-state index in [-0.39, 0.29) is 0 Å². The topological polar surface area (TPSA) is 40.5 Å². The number of nitrogens with zero attached hydrogens (tertiary/aromatic N) is 1. The zero-order valence-corrected chi connectivity index (χ0v) is 11.4. The fraction of sp³-hybridized carbons (Fsp3) is 0.750. The summed E-state index contributed by atoms with van der Waals surface area (Å²) in [5.74, 6) is -0.640. The third kappa shape index (κ3) is 3.32. The Morgan fingerprint density at radius 2 is 2.31 bits per heavy atom. The van der Waals surface area contributed by atoms with Gasteiger partial charge in [0.1, 0.15) is 0 Å². The van der Waals surface area contributed by atoms with Crippen LogP contribution in [0.25, 0.3) is 0 Å². The summed E-state index contributed by atoms with van der Waals surface area (Å²) in [6.07, 6.45) is 3.47. The first-order valence-corrected chi connectivity index (χ1v) is 6.58. The van der Waals surface area contributed by atoms with Crippen molar-refractivity contribution in [1.29, 1.82) is 0 Å². The Balaban J connectivity index is 2.70. The van der Waals surface area contributed by atoms with Crippen LogP contribution in [0.3, 0.4) is 0 Å². The maximum absolute atomic E-state index is 11.4. The van der Waals surface area contributed by atoms with Crippen molar-refractivity contribution in [3.05, 3.63) is 11.1 Å². The van der Waals surface area contributed by atoms with Crippen molar-refractivity contribution in [2.24, 2.45) is 5.41 Å². The lowest BCUT2D eigenvalue weighted by Crippen LogP contribution is -2.48. The van der Waals surface area contributed by atoms with Gasteiger partial charge >= 0.3 is 5.97 Å². The van der Waals surface area contributed by atoms with Crippen molar-refractivity contribution in [2.45, 2.75) is 32.6 Å². The second-order valence-electron chi connectivity index (χ2n) is 4.67. The van der Waals surface area contributed by atoms with Crippen molar-refractivity contribution < 1.29 is 9.90 Å². The van der Waals surface area contributed by atoms with Gasteiger partial charge in [-0.25, -0.2) is 0 Å². The van der Waals surface area contributed by atoms with Gasteiger partial charge in [-0.2, -0.15) is 0 Å². The number of likely N-dealkylation sites (tertiary alicyclic amines) is 1. The van der Waals surface area contributed by atoms with Gasteiger partial charge in [0.2, 0.25) is 0 Å². The Morgan fingerprint density at radius 3 is 2.81 bits per heavy atom. The third-order valence-electron chi connectivity index (χ3n) is 3.23. The summed E-state index contributed by atoms with van der Waals surface area (Å²) in [7, 11) is 0. The van der Waals surface area contributed by atoms with Gasteiger partial charge in [-0.15, -0.1) is 0 Å². The Labute approximate surface area is 106 Å². The lowest BCUT2D eigenvalue weighted by Gasteiger charge is -2.39. The van der Waals surface area contributed by atoms with Crippen LogP contribution >= 0.6 is 15.9 Å². The SMILES string of the molecule is C=C(Br)CN1CCCC(CCC)(C(=O)O)C1. The summed E-state index contributed by atoms with van der Waals surface area (Å²) in [5, 5.41) is 9.41. The van der Waals surface area contributed by atoms with E-state index in [0.717, 1.165) is 43.3 Å². The average Bonchev–Trinajstić information content (AvgIpc) is 2.17. The van der Waals surface area contributed by atoms with Crippen LogP contribution in [0.15, 0.2) is 11.1 Å². The smallest absolute Gasteiger partial charge is 0.310 e. The molecule has 0 aromatic heterocycles. The molecule has 0 aromatic rings. The zero-order chi connectivity index (χ0) is 12.2. The number of hydrogen-bond donors (Lipinski definition) is 1. The van der Waals surface area contributed by atoms with E-state index in [1.165, 1.54) is 0 Å². The Morgan fingerprint density at radius 1 is 1.62 bits per heavy atom. The molecule has 1 atom stereocenters. The summed E-state index contributed by atoms with van der Waals surface area (Å²) in [6, 6.07) is 0. The van der Waals surface area contributed by atoms with E-state index >= 15 is 0 Å². The monoisotopic (exact) mass is 289 g/mol. The van der Waals surface area contributed by atoms with Crippen molar-refractivity contribution in [3.8, 4) is 0 Å². The first kappa shape index (κ1) is 13.7. The van der Waals surface area contributed by atoms with Gasteiger partial charge in [0, 0.05) is 17.6 Å². The number of carbonyl (C=O) groups is 1. The Hall–Kier alpha value is -0.350. The van der Waals surface area contributed by atoms with Crippen LogP contribution < -0.4 is 0 Å². The standard InChI is InChI=1S/C12H20BrNO2/c1-3-5-12(11(15)16)6-4-7-14(9-12)8-10(2)13/h2-9H2,1H3,(H,15,16). The predicted octanol–water partition coefficient (Wildman–Crippen LogP) is 2.86. The molecule has 1 heterocycles. The molecule has 0 aliphatic carbocycles. The fourth-order valence-electron chi connectivity index (χ4n) is 2.57. The van der Waals surface area contributed by atoms with Gasteiger partial charge in [0.15, 0.2) is 0 Å². The quantitative estimate of drug-likeness (QED) is 0.846. The maximum Gasteiger partial charge on any atom is 0.310 e. The molecular weight excluding hydrogens is 270 g/mol. The lowest BCUT2D eigenvalue weighted by molar-refractivity contribution is -0.153. The van der Waals surface area contributed by atoms with Crippen LogP contribution in [0.2, 0.25) is 0 Å². The van der Waals surface area contributed by atoms with E-state index < -0.39 is 11.4 Å². The highest BCUT2D eigenvalue weighted by molar-refractivity contribution is 9.11. The summed E-state index contributed by atoms with van der Waals surface area (Å²) in [6.45, 7) is 8.24. The van der Waals surface area contributed by atoms with Gasteiger partial charge in [0.25, 0.3) is 0 Å². The van der Waals surface area contributed by atoms with Gasteiger partial charge in [-0.1, -0.05) is 35.9 Å². The summed E-state index contributed by atoms with van der Waals surface area (Å²) >= 11 is 3.34. The van der Waals surface area contributed by atoms with E-state index in [2.05, 4.69) is 27.4 Å². The van der Waals surface area contributed by atoms with Gasteiger partial charge in [-0.05, 0) is 25.8 Å². The summed E-state index contributed by atoms with van der Waals surface area (Å²) in [4.78, 5) is 13.6. The van der Waals surface area contributed by atoms with Gasteiger partial charge in [0.05, 0.1) is 5.41 Å². The molecule has 0 saturated carbocycles. The average molecular weight is 290 g/mol. The van der Waals surface area contributed by atoms with E-state index in [0.29, 0.717) is 6.54 Å². The highest BCUT2D eigenvalue weighted by Crippen LogP contribution is 2.35. The number of rotatable bonds is 5. The third-order valence-corrected chi connectivity index (χ3v) is 3.48. The van der Waals surface area contributed by atoms with E-state index in [1.54, 1.807) is 0 Å². The van der Waals surface area contributed by atoms with Crippen molar-refractivity contribution in [3.63, 3.8) is 0 Å². The first-order chi connectivity index (χ1) is 7.50. The molecule has 16 heavy (non-hydrogen) atoms. The predicted molar refractivity (Wildman–Crippen MR) is 68.7 cm³/mol. The number of carboxylic acid groups (broad SMARTS) is 1. The molecule has 1 aliphatic heterocycles. The molecule has 3 nitrogen and oxygen atoms in total. The van der Waals surface area contributed by atoms with E-state index in [4.69, 9.17) is 0 Å². The number of carboxylic acids is 1. The van der Waals surface area contributed by atoms with E-state index in [9.17, 15) is 9.90 Å². The van der Waals surface area contributed by atoms with Crippen molar-refractivity contribution >= 4 is 21.9 Å². The minimum Gasteiger partial charge on any atom is -0.481 e. The Bertz CT molecular complexity index is 276. The number of piperidine rings is 1. The molecule has 0 bridgehead atoms. The number of halogens is 1.